The second kappa shape index (κ2) is 7.29. The first-order valence-corrected chi connectivity index (χ1v) is 12.5. The van der Waals surface area contributed by atoms with Gasteiger partial charge in [0.05, 0.1) is 19.3 Å². The summed E-state index contributed by atoms with van der Waals surface area (Å²) in [6, 6.07) is 2.22. The molecule has 2 aliphatic carbocycles. The Morgan fingerprint density at radius 1 is 1.38 bits per heavy atom. The van der Waals surface area contributed by atoms with E-state index in [4.69, 9.17) is 19.4 Å². The van der Waals surface area contributed by atoms with E-state index < -0.39 is 15.8 Å². The number of rotatable bonds is 4. The fourth-order valence-electron chi connectivity index (χ4n) is 5.18. The number of nitrogens with one attached hydrogen (secondary N) is 2. The van der Waals surface area contributed by atoms with Crippen molar-refractivity contribution in [2.24, 2.45) is 10.6 Å². The number of aryl methyl sites for hydroxylation is 1. The molecule has 1 aliphatic heterocycles. The number of nitrogens with two attached hydrogens (primary N) is 1. The van der Waals surface area contributed by atoms with Crippen LogP contribution in [-0.2, 0) is 40.5 Å². The molecule has 172 valence electrons. The van der Waals surface area contributed by atoms with Crippen LogP contribution < -0.4 is 15.2 Å². The molecule has 0 bridgehead atoms. The van der Waals surface area contributed by atoms with Crippen molar-refractivity contribution in [3.8, 4) is 5.88 Å². The monoisotopic (exact) mass is 459 g/mol. The van der Waals surface area contributed by atoms with E-state index >= 15 is 0 Å². The first-order chi connectivity index (χ1) is 15.1. The van der Waals surface area contributed by atoms with Gasteiger partial charge in [-0.2, -0.15) is 5.10 Å². The maximum Gasteiger partial charge on any atom is 0.277 e. The quantitative estimate of drug-likeness (QED) is 0.647. The zero-order valence-electron chi connectivity index (χ0n) is 18.6. The standard InChI is InChI=1S/C22H29N5O4S/c1-22(2)10-27-21(31-11-22)19(32(23,24)29)18(26-27)20(28)25-17-13-6-4-5-12(13)9-15-14(17)7-8-16(15)30-3/h9,16H,4-8,10-11H2,1-3H3,(H,25,28)(H3,23,24,29)/t16-/m1/s1. The van der Waals surface area contributed by atoms with Crippen molar-refractivity contribution >= 4 is 21.5 Å². The summed E-state index contributed by atoms with van der Waals surface area (Å²) in [6.45, 7) is 4.87. The molecule has 0 saturated carbocycles. The second-order valence-corrected chi connectivity index (χ2v) is 11.3. The van der Waals surface area contributed by atoms with Gasteiger partial charge in [0, 0.05) is 18.2 Å². The van der Waals surface area contributed by atoms with Crippen LogP contribution in [0.15, 0.2) is 11.0 Å². The fraction of sp³-hybridized carbons (Fsp3) is 0.545. The Balaban J connectivity index is 1.59. The van der Waals surface area contributed by atoms with E-state index in [1.165, 1.54) is 10.2 Å². The van der Waals surface area contributed by atoms with Crippen LogP contribution in [-0.4, -0.2) is 33.6 Å². The van der Waals surface area contributed by atoms with Gasteiger partial charge >= 0.3 is 0 Å². The molecule has 3 aliphatic rings. The molecular formula is C22H29N5O4S. The zero-order valence-corrected chi connectivity index (χ0v) is 19.4. The molecule has 2 aromatic rings. The lowest BCUT2D eigenvalue weighted by Crippen LogP contribution is -2.33. The Morgan fingerprint density at radius 2 is 2.16 bits per heavy atom. The predicted molar refractivity (Wildman–Crippen MR) is 119 cm³/mol. The number of ether oxygens (including phenoxy) is 2. The number of methoxy groups -OCH3 is 1. The Morgan fingerprint density at radius 3 is 2.88 bits per heavy atom. The maximum absolute atomic E-state index is 13.5. The molecule has 0 spiro atoms. The average Bonchev–Trinajstić information content (AvgIpc) is 3.41. The Hall–Kier alpha value is -2.43. The molecule has 9 nitrogen and oxygen atoms in total. The van der Waals surface area contributed by atoms with Gasteiger partial charge in [0.15, 0.2) is 10.6 Å². The third kappa shape index (κ3) is 3.41. The van der Waals surface area contributed by atoms with Crippen LogP contribution in [0, 0.1) is 10.2 Å². The van der Waals surface area contributed by atoms with E-state index in [-0.39, 0.29) is 28.0 Å². The molecule has 1 unspecified atom stereocenters. The minimum Gasteiger partial charge on any atom is -0.476 e. The number of hydrogen-bond acceptors (Lipinski definition) is 6. The number of anilines is 1. The van der Waals surface area contributed by atoms with Crippen LogP contribution in [0.2, 0.25) is 0 Å². The van der Waals surface area contributed by atoms with Crippen LogP contribution in [0.5, 0.6) is 5.88 Å². The number of carbonyl (C=O) groups is 1. The molecular weight excluding hydrogens is 430 g/mol. The third-order valence-corrected chi connectivity index (χ3v) is 7.60. The van der Waals surface area contributed by atoms with Gasteiger partial charge in [-0.25, -0.2) is 18.8 Å². The highest BCUT2D eigenvalue weighted by Gasteiger charge is 2.37. The molecule has 1 amide bonds. The van der Waals surface area contributed by atoms with Crippen molar-refractivity contribution in [1.29, 1.82) is 4.78 Å². The van der Waals surface area contributed by atoms with E-state index in [2.05, 4.69) is 16.5 Å². The summed E-state index contributed by atoms with van der Waals surface area (Å²) in [7, 11) is -2.02. The summed E-state index contributed by atoms with van der Waals surface area (Å²) in [6.07, 6.45) is 4.60. The van der Waals surface area contributed by atoms with Gasteiger partial charge in [-0.1, -0.05) is 19.9 Å². The first-order valence-electron chi connectivity index (χ1n) is 10.9. The molecule has 0 saturated heterocycles. The lowest BCUT2D eigenvalue weighted by atomic mass is 9.94. The van der Waals surface area contributed by atoms with Crippen molar-refractivity contribution in [2.45, 2.75) is 63.5 Å². The Labute approximate surface area is 187 Å². The van der Waals surface area contributed by atoms with E-state index in [0.717, 1.165) is 54.5 Å². The highest BCUT2D eigenvalue weighted by molar-refractivity contribution is 7.90. The summed E-state index contributed by atoms with van der Waals surface area (Å²) in [5, 5.41) is 13.2. The number of aromatic nitrogens is 2. The molecule has 0 radical (unpaired) electrons. The Kier molecular flexibility index (Phi) is 4.88. The number of nitrogens with zero attached hydrogens (tertiary/aromatic N) is 2. The number of carbonyl (C=O) groups excluding carboxylic acids is 1. The van der Waals surface area contributed by atoms with Gasteiger partial charge in [0.25, 0.3) is 5.91 Å². The predicted octanol–water partition coefficient (Wildman–Crippen LogP) is 2.96. The van der Waals surface area contributed by atoms with Crippen LogP contribution in [0.25, 0.3) is 0 Å². The number of amides is 1. The molecule has 5 rings (SSSR count). The molecule has 2 atom stereocenters. The number of fused-ring (bicyclic) bond motifs is 3. The third-order valence-electron chi connectivity index (χ3n) is 6.63. The summed E-state index contributed by atoms with van der Waals surface area (Å²) in [5.74, 6) is -0.364. The SMILES string of the molecule is CO[C@@H]1CCc2c1cc1c(c2NC(=O)c2nn3c(c2S(=N)(N)=O)OCC(C)(C)C3)CCC1. The molecule has 0 fully saturated rings. The van der Waals surface area contributed by atoms with Crippen LogP contribution in [0.3, 0.4) is 0 Å². The molecule has 10 heteroatoms. The lowest BCUT2D eigenvalue weighted by Gasteiger charge is -2.30. The van der Waals surface area contributed by atoms with Crippen molar-refractivity contribution < 1.29 is 18.5 Å². The summed E-state index contributed by atoms with van der Waals surface area (Å²) in [4.78, 5) is 13.3. The lowest BCUT2D eigenvalue weighted by molar-refractivity contribution is 0.0967. The van der Waals surface area contributed by atoms with Crippen LogP contribution in [0.4, 0.5) is 5.69 Å². The zero-order chi connectivity index (χ0) is 22.8. The van der Waals surface area contributed by atoms with E-state index in [1.807, 2.05) is 13.8 Å². The van der Waals surface area contributed by atoms with Crippen molar-refractivity contribution in [2.75, 3.05) is 19.0 Å². The van der Waals surface area contributed by atoms with Gasteiger partial charge in [0.1, 0.15) is 9.92 Å². The summed E-state index contributed by atoms with van der Waals surface area (Å²) in [5.41, 5.74) is 5.10. The van der Waals surface area contributed by atoms with Crippen LogP contribution in [0.1, 0.15) is 65.5 Å². The van der Waals surface area contributed by atoms with Gasteiger partial charge in [-0.15, -0.1) is 0 Å². The molecule has 32 heavy (non-hydrogen) atoms. The normalized spacial score (nSPS) is 22.4. The van der Waals surface area contributed by atoms with Gasteiger partial charge in [0.2, 0.25) is 5.88 Å². The minimum atomic E-state index is -3.73. The number of hydrogen-bond donors (Lipinski definition) is 3. The topological polar surface area (TPSA) is 132 Å². The average molecular weight is 460 g/mol. The van der Waals surface area contributed by atoms with E-state index in [0.29, 0.717) is 13.2 Å². The van der Waals surface area contributed by atoms with E-state index in [9.17, 15) is 9.00 Å². The fourth-order valence-corrected chi connectivity index (χ4v) is 6.03. The van der Waals surface area contributed by atoms with Gasteiger partial charge in [-0.05, 0) is 54.4 Å². The number of benzene rings is 1. The molecule has 4 N–H and O–H groups in total. The molecule has 1 aromatic heterocycles. The van der Waals surface area contributed by atoms with Crippen molar-refractivity contribution in [3.63, 3.8) is 0 Å². The highest BCUT2D eigenvalue weighted by atomic mass is 32.2. The summed E-state index contributed by atoms with van der Waals surface area (Å²) >= 11 is 0. The van der Waals surface area contributed by atoms with Crippen molar-refractivity contribution in [1.82, 2.24) is 9.78 Å². The Bertz CT molecular complexity index is 1230. The largest absolute Gasteiger partial charge is 0.476 e. The first kappa shape index (κ1) is 21.4. The van der Waals surface area contributed by atoms with Crippen molar-refractivity contribution in [3.05, 3.63) is 34.0 Å². The van der Waals surface area contributed by atoms with E-state index in [1.54, 1.807) is 7.11 Å². The van der Waals surface area contributed by atoms with Gasteiger partial charge in [-0.3, -0.25) is 4.79 Å². The minimum absolute atomic E-state index is 0.0219. The smallest absolute Gasteiger partial charge is 0.277 e. The molecule has 2 heterocycles. The maximum atomic E-state index is 13.5. The molecule has 1 aromatic carbocycles. The highest BCUT2D eigenvalue weighted by Crippen LogP contribution is 2.44. The second-order valence-electron chi connectivity index (χ2n) is 9.72. The van der Waals surface area contributed by atoms with Crippen LogP contribution >= 0.6 is 0 Å². The van der Waals surface area contributed by atoms with Gasteiger partial charge < -0.3 is 14.8 Å². The summed E-state index contributed by atoms with van der Waals surface area (Å²) < 4.78 is 33.6.